The SMILES string of the molecule is CN(C)CC(C)(O)CNCc1cc(Cl)ccc1OC(F)F. The minimum Gasteiger partial charge on any atom is -0.434 e. The van der Waals surface area contributed by atoms with Gasteiger partial charge in [0.2, 0.25) is 0 Å². The summed E-state index contributed by atoms with van der Waals surface area (Å²) in [5, 5.41) is 13.6. The van der Waals surface area contributed by atoms with Gasteiger partial charge >= 0.3 is 6.61 Å². The average Bonchev–Trinajstić information content (AvgIpc) is 2.30. The van der Waals surface area contributed by atoms with Gasteiger partial charge in [0.05, 0.1) is 5.60 Å². The fourth-order valence-corrected chi connectivity index (χ4v) is 2.30. The van der Waals surface area contributed by atoms with E-state index in [9.17, 15) is 13.9 Å². The summed E-state index contributed by atoms with van der Waals surface area (Å²) >= 11 is 5.86. The van der Waals surface area contributed by atoms with Gasteiger partial charge in [0.15, 0.2) is 0 Å². The van der Waals surface area contributed by atoms with Gasteiger partial charge < -0.3 is 20.1 Å². The molecule has 1 aromatic rings. The number of benzene rings is 1. The predicted molar refractivity (Wildman–Crippen MR) is 79.0 cm³/mol. The van der Waals surface area contributed by atoms with Crippen LogP contribution in [0.5, 0.6) is 5.75 Å². The zero-order chi connectivity index (χ0) is 16.0. The van der Waals surface area contributed by atoms with Crippen LogP contribution in [0, 0.1) is 0 Å². The third-order valence-corrected chi connectivity index (χ3v) is 2.95. The number of alkyl halides is 2. The molecule has 0 aliphatic carbocycles. The Morgan fingerprint density at radius 1 is 1.43 bits per heavy atom. The minimum atomic E-state index is -2.89. The molecule has 120 valence electrons. The van der Waals surface area contributed by atoms with Crippen LogP contribution in [0.25, 0.3) is 0 Å². The molecule has 2 N–H and O–H groups in total. The molecule has 0 aliphatic heterocycles. The van der Waals surface area contributed by atoms with Gasteiger partial charge in [-0.1, -0.05) is 11.6 Å². The molecule has 0 amide bonds. The van der Waals surface area contributed by atoms with E-state index in [0.29, 0.717) is 23.7 Å². The van der Waals surface area contributed by atoms with Crippen LogP contribution in [0.1, 0.15) is 12.5 Å². The molecule has 0 aromatic heterocycles. The average molecular weight is 323 g/mol. The normalized spacial score (nSPS) is 14.5. The molecule has 1 unspecified atom stereocenters. The molecule has 21 heavy (non-hydrogen) atoms. The van der Waals surface area contributed by atoms with Gasteiger partial charge in [-0.15, -0.1) is 0 Å². The molecule has 1 aromatic carbocycles. The third-order valence-electron chi connectivity index (χ3n) is 2.72. The largest absolute Gasteiger partial charge is 0.434 e. The van der Waals surface area contributed by atoms with Crippen molar-refractivity contribution in [2.75, 3.05) is 27.2 Å². The number of nitrogens with one attached hydrogen (secondary N) is 1. The summed E-state index contributed by atoms with van der Waals surface area (Å²) in [5.41, 5.74) is -0.408. The lowest BCUT2D eigenvalue weighted by Gasteiger charge is -2.27. The van der Waals surface area contributed by atoms with Crippen LogP contribution in [0.15, 0.2) is 18.2 Å². The van der Waals surface area contributed by atoms with Crippen LogP contribution in [0.2, 0.25) is 5.02 Å². The Bertz CT molecular complexity index is 457. The van der Waals surface area contributed by atoms with E-state index in [2.05, 4.69) is 10.1 Å². The molecule has 0 radical (unpaired) electrons. The predicted octanol–water partition coefficient (Wildman–Crippen LogP) is 2.34. The van der Waals surface area contributed by atoms with E-state index in [1.807, 2.05) is 19.0 Å². The maximum Gasteiger partial charge on any atom is 0.387 e. The summed E-state index contributed by atoms with van der Waals surface area (Å²) in [6, 6.07) is 4.46. The van der Waals surface area contributed by atoms with Gasteiger partial charge in [-0.3, -0.25) is 0 Å². The molecule has 1 atom stereocenters. The molecule has 1 rings (SSSR count). The standard InChI is InChI=1S/C14H21ClF2N2O2/c1-14(20,9-19(2)3)8-18-7-10-6-11(15)4-5-12(10)21-13(16)17/h4-6,13,18,20H,7-9H2,1-3H3. The molecule has 0 fully saturated rings. The van der Waals surface area contributed by atoms with E-state index in [-0.39, 0.29) is 12.3 Å². The number of aliphatic hydroxyl groups is 1. The van der Waals surface area contributed by atoms with Crippen molar-refractivity contribution < 1.29 is 18.6 Å². The lowest BCUT2D eigenvalue weighted by molar-refractivity contribution is -0.0505. The van der Waals surface area contributed by atoms with E-state index in [4.69, 9.17) is 11.6 Å². The van der Waals surface area contributed by atoms with Crippen LogP contribution in [-0.2, 0) is 6.54 Å². The number of hydrogen-bond acceptors (Lipinski definition) is 4. The van der Waals surface area contributed by atoms with Crippen LogP contribution < -0.4 is 10.1 Å². The number of nitrogens with zero attached hydrogens (tertiary/aromatic N) is 1. The lowest BCUT2D eigenvalue weighted by Crippen LogP contribution is -2.45. The number of hydrogen-bond donors (Lipinski definition) is 2. The highest BCUT2D eigenvalue weighted by molar-refractivity contribution is 6.30. The second-order valence-corrected chi connectivity index (χ2v) is 5.91. The van der Waals surface area contributed by atoms with Gasteiger partial charge in [-0.25, -0.2) is 0 Å². The van der Waals surface area contributed by atoms with Gasteiger partial charge in [0, 0.05) is 30.2 Å². The number of ether oxygens (including phenoxy) is 1. The Kier molecular flexibility index (Phi) is 6.80. The van der Waals surface area contributed by atoms with Crippen LogP contribution >= 0.6 is 11.6 Å². The van der Waals surface area contributed by atoms with Gasteiger partial charge in [-0.2, -0.15) is 8.78 Å². The second-order valence-electron chi connectivity index (χ2n) is 5.47. The lowest BCUT2D eigenvalue weighted by atomic mass is 10.1. The molecule has 0 aliphatic rings. The van der Waals surface area contributed by atoms with Crippen molar-refractivity contribution in [3.63, 3.8) is 0 Å². The molecule has 0 saturated heterocycles. The van der Waals surface area contributed by atoms with E-state index in [1.165, 1.54) is 12.1 Å². The smallest absolute Gasteiger partial charge is 0.387 e. The van der Waals surface area contributed by atoms with E-state index < -0.39 is 12.2 Å². The quantitative estimate of drug-likeness (QED) is 0.771. The minimum absolute atomic E-state index is 0.0779. The highest BCUT2D eigenvalue weighted by Gasteiger charge is 2.21. The first-order chi connectivity index (χ1) is 9.69. The zero-order valence-electron chi connectivity index (χ0n) is 12.4. The summed E-state index contributed by atoms with van der Waals surface area (Å²) < 4.78 is 29.1. The summed E-state index contributed by atoms with van der Waals surface area (Å²) in [4.78, 5) is 1.87. The maximum absolute atomic E-state index is 12.3. The topological polar surface area (TPSA) is 44.7 Å². The Balaban J connectivity index is 2.64. The van der Waals surface area contributed by atoms with Crippen molar-refractivity contribution in [3.8, 4) is 5.75 Å². The Morgan fingerprint density at radius 3 is 2.67 bits per heavy atom. The molecule has 4 nitrogen and oxygen atoms in total. The van der Waals surface area contributed by atoms with Gasteiger partial charge in [-0.05, 0) is 39.2 Å². The van der Waals surface area contributed by atoms with Crippen molar-refractivity contribution in [1.29, 1.82) is 0 Å². The van der Waals surface area contributed by atoms with Crippen molar-refractivity contribution >= 4 is 11.6 Å². The van der Waals surface area contributed by atoms with Crippen molar-refractivity contribution in [2.24, 2.45) is 0 Å². The van der Waals surface area contributed by atoms with Gasteiger partial charge in [0.25, 0.3) is 0 Å². The molecule has 7 heteroatoms. The highest BCUT2D eigenvalue weighted by Crippen LogP contribution is 2.24. The third kappa shape index (κ3) is 7.04. The molecule has 0 spiro atoms. The summed E-state index contributed by atoms with van der Waals surface area (Å²) in [7, 11) is 3.72. The monoisotopic (exact) mass is 322 g/mol. The molecular weight excluding hydrogens is 302 g/mol. The Labute approximate surface area is 128 Å². The zero-order valence-corrected chi connectivity index (χ0v) is 13.1. The fraction of sp³-hybridized carbons (Fsp3) is 0.571. The van der Waals surface area contributed by atoms with Crippen molar-refractivity contribution in [3.05, 3.63) is 28.8 Å². The van der Waals surface area contributed by atoms with Crippen LogP contribution in [0.4, 0.5) is 8.78 Å². The summed E-state index contributed by atoms with van der Waals surface area (Å²) in [6.07, 6.45) is 0. The molecule has 0 heterocycles. The summed E-state index contributed by atoms with van der Waals surface area (Å²) in [5.74, 6) is 0.0779. The molecule has 0 saturated carbocycles. The fourth-order valence-electron chi connectivity index (χ4n) is 2.10. The van der Waals surface area contributed by atoms with Crippen LogP contribution in [-0.4, -0.2) is 49.4 Å². The van der Waals surface area contributed by atoms with E-state index >= 15 is 0 Å². The first kappa shape index (κ1) is 18.1. The highest BCUT2D eigenvalue weighted by atomic mass is 35.5. The molecule has 0 bridgehead atoms. The second kappa shape index (κ2) is 7.89. The number of likely N-dealkylation sites (N-methyl/N-ethyl adjacent to an activating group) is 1. The Morgan fingerprint density at radius 2 is 2.10 bits per heavy atom. The van der Waals surface area contributed by atoms with Crippen molar-refractivity contribution in [1.82, 2.24) is 10.2 Å². The first-order valence-electron chi connectivity index (χ1n) is 6.51. The summed E-state index contributed by atoms with van der Waals surface area (Å²) in [6.45, 7) is -0.121. The number of halogens is 3. The number of rotatable bonds is 8. The van der Waals surface area contributed by atoms with Crippen LogP contribution in [0.3, 0.4) is 0 Å². The van der Waals surface area contributed by atoms with E-state index in [1.54, 1.807) is 13.0 Å². The van der Waals surface area contributed by atoms with E-state index in [0.717, 1.165) is 0 Å². The maximum atomic E-state index is 12.3. The van der Waals surface area contributed by atoms with Gasteiger partial charge in [0.1, 0.15) is 5.75 Å². The first-order valence-corrected chi connectivity index (χ1v) is 6.88. The van der Waals surface area contributed by atoms with Crippen molar-refractivity contribution in [2.45, 2.75) is 25.7 Å². The molecular formula is C14H21ClF2N2O2. The Hall–Kier alpha value is -0.950.